The molecule has 0 radical (unpaired) electrons. The van der Waals surface area contributed by atoms with E-state index in [0.29, 0.717) is 25.5 Å². The fourth-order valence-electron chi connectivity index (χ4n) is 5.06. The zero-order valence-corrected chi connectivity index (χ0v) is 29.8. The number of carboxylic acids is 2. The molecule has 3 rings (SSSR count). The minimum atomic E-state index is -1.26. The van der Waals surface area contributed by atoms with Crippen molar-refractivity contribution in [3.63, 3.8) is 0 Å². The summed E-state index contributed by atoms with van der Waals surface area (Å²) in [5, 5.41) is 27.7. The molecule has 0 saturated carbocycles. The molecular weight excluding hydrogens is 681 g/mol. The molecule has 15 nitrogen and oxygen atoms in total. The van der Waals surface area contributed by atoms with Crippen molar-refractivity contribution in [3.8, 4) is 0 Å². The second-order valence-electron chi connectivity index (χ2n) is 12.2. The second-order valence-corrected chi connectivity index (χ2v) is 12.2. The van der Waals surface area contributed by atoms with Crippen LogP contribution in [0.5, 0.6) is 0 Å². The highest BCUT2D eigenvalue weighted by Crippen LogP contribution is 2.21. The predicted octanol–water partition coefficient (Wildman–Crippen LogP) is 1.88. The van der Waals surface area contributed by atoms with Crippen LogP contribution >= 0.6 is 0 Å². The Balaban J connectivity index is 0.000000525. The van der Waals surface area contributed by atoms with Crippen molar-refractivity contribution in [2.75, 3.05) is 20.3 Å². The lowest BCUT2D eigenvalue weighted by Gasteiger charge is -2.29. The number of hydrogen-bond acceptors (Lipinski definition) is 8. The molecule has 1 fully saturated rings. The molecule has 2 aromatic carbocycles. The van der Waals surface area contributed by atoms with E-state index in [4.69, 9.17) is 10.2 Å². The number of hydrogen-bond donors (Lipinski definition) is 6. The summed E-state index contributed by atoms with van der Waals surface area (Å²) in [7, 11) is 1.66. The van der Waals surface area contributed by atoms with E-state index in [0.717, 1.165) is 12.0 Å². The van der Waals surface area contributed by atoms with Crippen molar-refractivity contribution in [2.24, 2.45) is 11.7 Å². The van der Waals surface area contributed by atoms with Gasteiger partial charge in [0.15, 0.2) is 0 Å². The second kappa shape index (κ2) is 23.9. The first kappa shape index (κ1) is 44.6. The number of carboxylic acid groups (broad SMARTS) is 2. The van der Waals surface area contributed by atoms with E-state index < -0.39 is 60.9 Å². The molecule has 1 aliphatic heterocycles. The van der Waals surface area contributed by atoms with Gasteiger partial charge in [0.2, 0.25) is 29.5 Å². The highest BCUT2D eigenvalue weighted by Gasteiger charge is 2.38. The van der Waals surface area contributed by atoms with E-state index in [1.165, 1.54) is 15.7 Å². The molecule has 0 aliphatic carbocycles. The molecule has 0 aromatic heterocycles. The maximum atomic E-state index is 13.1. The first-order chi connectivity index (χ1) is 24.6. The van der Waals surface area contributed by atoms with Gasteiger partial charge in [0.05, 0.1) is 32.0 Å². The Morgan fingerprint density at radius 3 is 2.17 bits per heavy atom. The van der Waals surface area contributed by atoms with Crippen molar-refractivity contribution in [1.29, 1.82) is 0 Å². The Hall–Kier alpha value is -5.41. The third-order valence-corrected chi connectivity index (χ3v) is 8.03. The number of halogens is 1. The van der Waals surface area contributed by atoms with Crippen LogP contribution in [0.15, 0.2) is 42.5 Å². The van der Waals surface area contributed by atoms with Crippen LogP contribution in [0.3, 0.4) is 0 Å². The molecule has 286 valence electrons. The van der Waals surface area contributed by atoms with Crippen LogP contribution < -0.4 is 21.7 Å². The minimum Gasteiger partial charge on any atom is -0.481 e. The van der Waals surface area contributed by atoms with Crippen LogP contribution in [0.1, 0.15) is 70.8 Å². The van der Waals surface area contributed by atoms with E-state index in [2.05, 4.69) is 39.9 Å². The van der Waals surface area contributed by atoms with Crippen molar-refractivity contribution < 1.29 is 53.0 Å². The van der Waals surface area contributed by atoms with Gasteiger partial charge in [-0.25, -0.2) is 0 Å². The van der Waals surface area contributed by atoms with Gasteiger partial charge in [0.1, 0.15) is 18.4 Å². The number of rotatable bonds is 17. The van der Waals surface area contributed by atoms with Crippen molar-refractivity contribution in [1.82, 2.24) is 20.9 Å². The smallest absolute Gasteiger partial charge is 0.305 e. The van der Waals surface area contributed by atoms with E-state index >= 15 is 0 Å². The number of amides is 5. The fourth-order valence-corrected chi connectivity index (χ4v) is 5.06. The zero-order valence-electron chi connectivity index (χ0n) is 29.8. The zero-order chi connectivity index (χ0) is 39.2. The summed E-state index contributed by atoms with van der Waals surface area (Å²) in [5.41, 5.74) is 5.57. The van der Waals surface area contributed by atoms with Crippen molar-refractivity contribution in [3.05, 3.63) is 48.0 Å². The third kappa shape index (κ3) is 17.0. The molecule has 2 aromatic rings. The molecule has 0 bridgehead atoms. The van der Waals surface area contributed by atoms with Gasteiger partial charge >= 0.3 is 11.9 Å². The largest absolute Gasteiger partial charge is 0.481 e. The number of nitrogens with zero attached hydrogens (tertiary/aromatic N) is 1. The maximum Gasteiger partial charge on any atom is 0.305 e. The predicted molar refractivity (Wildman–Crippen MR) is 189 cm³/mol. The van der Waals surface area contributed by atoms with Crippen molar-refractivity contribution in [2.45, 2.75) is 89.8 Å². The van der Waals surface area contributed by atoms with Gasteiger partial charge in [-0.2, -0.15) is 0 Å². The normalized spacial score (nSPS) is 14.9. The van der Waals surface area contributed by atoms with E-state index in [-0.39, 0.29) is 50.0 Å². The number of nitrogens with two attached hydrogens (primary N) is 1. The molecule has 4 atom stereocenters. The van der Waals surface area contributed by atoms with E-state index in [1.807, 2.05) is 38.1 Å². The number of fused-ring (bicyclic) bond motifs is 1. The average Bonchev–Trinajstić information content (AvgIpc) is 3.60. The SMILES string of the molecule is CCC(C)CC(=O)NC(CCC(=O)O)C(=O)N1CCCC1C(=O)NC(C=O)CC(=O)O.CNC(=O)Cc1ccc2ccccc2c1.NC(=O)CCF. The van der Waals surface area contributed by atoms with Crippen molar-refractivity contribution >= 4 is 58.5 Å². The van der Waals surface area contributed by atoms with Gasteiger partial charge in [0, 0.05) is 26.4 Å². The number of likely N-dealkylation sites (tertiary alicyclic amines) is 1. The maximum absolute atomic E-state index is 13.1. The van der Waals surface area contributed by atoms with E-state index in [1.54, 1.807) is 7.05 Å². The Kier molecular flexibility index (Phi) is 20.5. The molecule has 0 spiro atoms. The highest BCUT2D eigenvalue weighted by molar-refractivity contribution is 5.94. The topological polar surface area (TPSA) is 242 Å². The van der Waals surface area contributed by atoms with Gasteiger partial charge in [-0.3, -0.25) is 38.0 Å². The molecule has 16 heteroatoms. The van der Waals surface area contributed by atoms with Gasteiger partial charge in [0.25, 0.3) is 0 Å². The Labute approximate surface area is 301 Å². The summed E-state index contributed by atoms with van der Waals surface area (Å²) in [5.74, 6) is -4.43. The number of nitrogens with one attached hydrogen (secondary N) is 3. The van der Waals surface area contributed by atoms with Crippen LogP contribution in [0.4, 0.5) is 4.39 Å². The quantitative estimate of drug-likeness (QED) is 0.129. The standard InChI is InChI=1S/C20H31N3O8.C13H13NO.C3H6FNO/c1-3-12(2)9-16(25)22-14(6-7-17(26)27)20(31)23-8-4-5-15(23)19(30)21-13(11-24)10-18(28)29;1-14-13(15)9-10-6-7-11-4-2-3-5-12(11)8-10;4-2-1-3(5)6/h11-15H,3-10H2,1-2H3,(H,21,30)(H,22,25)(H,26,27)(H,28,29);2-8H,9H2,1H3,(H,14,15);1-2H2,(H2,5,6). The highest BCUT2D eigenvalue weighted by atomic mass is 19.1. The lowest BCUT2D eigenvalue weighted by molar-refractivity contribution is -0.144. The number of carbonyl (C=O) groups excluding carboxylic acids is 6. The third-order valence-electron chi connectivity index (χ3n) is 8.03. The Morgan fingerprint density at radius 1 is 0.962 bits per heavy atom. The molecule has 5 amide bonds. The number of aliphatic carboxylic acids is 2. The van der Waals surface area contributed by atoms with Crippen LogP contribution in [0.2, 0.25) is 0 Å². The first-order valence-electron chi connectivity index (χ1n) is 17.0. The summed E-state index contributed by atoms with van der Waals surface area (Å²) in [6, 6.07) is 11.0. The summed E-state index contributed by atoms with van der Waals surface area (Å²) in [6.07, 6.45) is 1.33. The molecule has 52 heavy (non-hydrogen) atoms. The van der Waals surface area contributed by atoms with E-state index in [9.17, 15) is 42.7 Å². The molecule has 4 unspecified atom stereocenters. The number of primary amides is 1. The lowest BCUT2D eigenvalue weighted by atomic mass is 10.0. The Bertz CT molecular complexity index is 1540. The lowest BCUT2D eigenvalue weighted by Crippen LogP contribution is -2.55. The summed E-state index contributed by atoms with van der Waals surface area (Å²) < 4.78 is 10.9. The molecule has 1 saturated heterocycles. The van der Waals surface area contributed by atoms with Crippen LogP contribution in [-0.4, -0.2) is 101 Å². The van der Waals surface area contributed by atoms with Crippen LogP contribution in [0.25, 0.3) is 10.8 Å². The summed E-state index contributed by atoms with van der Waals surface area (Å²) >= 11 is 0. The van der Waals surface area contributed by atoms with Gasteiger partial charge in [-0.15, -0.1) is 0 Å². The van der Waals surface area contributed by atoms with Gasteiger partial charge in [-0.1, -0.05) is 62.7 Å². The number of likely N-dealkylation sites (N-methyl/N-ethyl adjacent to an activating group) is 1. The minimum absolute atomic E-state index is 0.0466. The monoisotopic (exact) mass is 731 g/mol. The van der Waals surface area contributed by atoms with Crippen LogP contribution in [-0.2, 0) is 44.8 Å². The fraction of sp³-hybridized carbons (Fsp3) is 0.500. The Morgan fingerprint density at radius 2 is 1.63 bits per heavy atom. The number of aldehydes is 1. The number of benzene rings is 2. The number of carbonyl (C=O) groups is 8. The van der Waals surface area contributed by atoms with Gasteiger partial charge < -0.3 is 41.6 Å². The summed E-state index contributed by atoms with van der Waals surface area (Å²) in [6.45, 7) is 3.40. The van der Waals surface area contributed by atoms with Crippen LogP contribution in [0, 0.1) is 5.92 Å². The van der Waals surface area contributed by atoms with Gasteiger partial charge in [-0.05, 0) is 41.5 Å². The molecule has 7 N–H and O–H groups in total. The average molecular weight is 732 g/mol. The summed E-state index contributed by atoms with van der Waals surface area (Å²) in [4.78, 5) is 92.8. The number of alkyl halides is 1. The molecule has 1 heterocycles. The molecule has 1 aliphatic rings. The molecular formula is C36H50FN5O10. The first-order valence-corrected chi connectivity index (χ1v) is 17.0.